The largest absolute Gasteiger partial charge is 0.384 e. The Hall–Kier alpha value is -1.53. The van der Waals surface area contributed by atoms with Gasteiger partial charge in [-0.1, -0.05) is 26.0 Å². The van der Waals surface area contributed by atoms with Crippen molar-refractivity contribution in [2.24, 2.45) is 22.7 Å². The fourth-order valence-corrected chi connectivity index (χ4v) is 6.26. The summed E-state index contributed by atoms with van der Waals surface area (Å²) in [5, 5.41) is 3.28. The molecule has 154 valence electrons. The molecule has 4 nitrogen and oxygen atoms in total. The van der Waals surface area contributed by atoms with Crippen molar-refractivity contribution in [2.75, 3.05) is 20.3 Å². The van der Waals surface area contributed by atoms with E-state index in [4.69, 9.17) is 9.47 Å². The summed E-state index contributed by atoms with van der Waals surface area (Å²) in [5.74, 6) is -1.17. The summed E-state index contributed by atoms with van der Waals surface area (Å²) in [5.41, 5.74) is 0.124. The first-order valence-electron chi connectivity index (χ1n) is 10.1. The number of carbonyl (C=O) groups excluding carboxylic acids is 1. The molecular formula is C22H29F2NO3. The minimum atomic E-state index is -0.839. The molecule has 1 heterocycles. The van der Waals surface area contributed by atoms with Crippen LogP contribution in [-0.2, 0) is 14.3 Å². The van der Waals surface area contributed by atoms with Crippen molar-refractivity contribution in [3.63, 3.8) is 0 Å². The molecule has 3 aliphatic rings. The second-order valence-electron chi connectivity index (χ2n) is 9.23. The van der Waals surface area contributed by atoms with Crippen LogP contribution in [0.25, 0.3) is 0 Å². The number of hydrogen-bond acceptors (Lipinski definition) is 3. The lowest BCUT2D eigenvalue weighted by Crippen LogP contribution is -2.59. The number of rotatable bonds is 5. The molecule has 0 radical (unpaired) electrons. The first kappa shape index (κ1) is 19.8. The molecule has 1 aliphatic heterocycles. The van der Waals surface area contributed by atoms with E-state index in [1.807, 2.05) is 0 Å². The van der Waals surface area contributed by atoms with Crippen molar-refractivity contribution in [1.29, 1.82) is 0 Å². The lowest BCUT2D eigenvalue weighted by atomic mass is 9.58. The van der Waals surface area contributed by atoms with Crippen molar-refractivity contribution >= 4 is 5.91 Å². The van der Waals surface area contributed by atoms with Crippen LogP contribution < -0.4 is 5.32 Å². The monoisotopic (exact) mass is 393 g/mol. The normalized spacial score (nSPS) is 35.6. The first-order chi connectivity index (χ1) is 13.3. The second-order valence-corrected chi connectivity index (χ2v) is 9.23. The van der Waals surface area contributed by atoms with Crippen LogP contribution in [0.1, 0.15) is 51.2 Å². The molecule has 1 aromatic carbocycles. The van der Waals surface area contributed by atoms with Gasteiger partial charge in [0.05, 0.1) is 12.7 Å². The third-order valence-corrected chi connectivity index (χ3v) is 7.63. The average Bonchev–Trinajstić information content (AvgIpc) is 3.15. The summed E-state index contributed by atoms with van der Waals surface area (Å²) in [6.07, 6.45) is 2.60. The van der Waals surface area contributed by atoms with Crippen molar-refractivity contribution in [3.8, 4) is 0 Å². The summed E-state index contributed by atoms with van der Waals surface area (Å²) < 4.78 is 39.4. The quantitative estimate of drug-likeness (QED) is 0.823. The molecule has 1 N–H and O–H groups in total. The highest BCUT2D eigenvalue weighted by atomic mass is 19.2. The van der Waals surface area contributed by atoms with Crippen molar-refractivity contribution in [1.82, 2.24) is 5.32 Å². The Kier molecular flexibility index (Phi) is 4.99. The van der Waals surface area contributed by atoms with E-state index in [2.05, 4.69) is 19.2 Å². The molecule has 3 fully saturated rings. The van der Waals surface area contributed by atoms with Crippen LogP contribution in [0.15, 0.2) is 18.2 Å². The minimum absolute atomic E-state index is 0.00359. The molecular weight excluding hydrogens is 364 g/mol. The summed E-state index contributed by atoms with van der Waals surface area (Å²) in [7, 11) is 1.58. The van der Waals surface area contributed by atoms with Crippen LogP contribution in [0.2, 0.25) is 0 Å². The highest BCUT2D eigenvalue weighted by Crippen LogP contribution is 2.70. The summed E-state index contributed by atoms with van der Waals surface area (Å²) in [6.45, 7) is 5.32. The van der Waals surface area contributed by atoms with Crippen LogP contribution in [0.3, 0.4) is 0 Å². The van der Waals surface area contributed by atoms with Crippen LogP contribution >= 0.6 is 0 Å². The number of benzene rings is 1. The van der Waals surface area contributed by atoms with Crippen molar-refractivity contribution in [2.45, 2.75) is 51.7 Å². The fraction of sp³-hybridized carbons (Fsp3) is 0.682. The van der Waals surface area contributed by atoms with E-state index in [0.29, 0.717) is 31.1 Å². The Morgan fingerprint density at radius 3 is 2.89 bits per heavy atom. The molecule has 0 aromatic heterocycles. The van der Waals surface area contributed by atoms with E-state index < -0.39 is 17.7 Å². The molecule has 28 heavy (non-hydrogen) atoms. The molecule has 1 amide bonds. The molecule has 2 saturated carbocycles. The maximum absolute atomic E-state index is 14.5. The molecule has 6 heteroatoms. The zero-order valence-corrected chi connectivity index (χ0v) is 16.8. The van der Waals surface area contributed by atoms with Gasteiger partial charge in [0.2, 0.25) is 5.91 Å². The summed E-state index contributed by atoms with van der Waals surface area (Å²) >= 11 is 0. The summed E-state index contributed by atoms with van der Waals surface area (Å²) in [6, 6.07) is 4.31. The van der Waals surface area contributed by atoms with Gasteiger partial charge in [-0.2, -0.15) is 0 Å². The van der Waals surface area contributed by atoms with E-state index >= 15 is 0 Å². The number of carbonyl (C=O) groups is 1. The number of nitrogens with one attached hydrogen (secondary N) is 1. The lowest BCUT2D eigenvalue weighted by molar-refractivity contribution is -0.138. The molecule has 1 spiro atoms. The van der Waals surface area contributed by atoms with Gasteiger partial charge < -0.3 is 14.8 Å². The molecule has 2 bridgehead atoms. The predicted octanol–water partition coefficient (Wildman–Crippen LogP) is 4.00. The predicted molar refractivity (Wildman–Crippen MR) is 101 cm³/mol. The Morgan fingerprint density at radius 2 is 2.14 bits per heavy atom. The van der Waals surface area contributed by atoms with Gasteiger partial charge in [0, 0.05) is 31.7 Å². The average molecular weight is 393 g/mol. The Morgan fingerprint density at radius 1 is 1.36 bits per heavy atom. The van der Waals surface area contributed by atoms with Crippen LogP contribution in [0.5, 0.6) is 0 Å². The van der Waals surface area contributed by atoms with Crippen molar-refractivity contribution in [3.05, 3.63) is 35.4 Å². The van der Waals surface area contributed by atoms with E-state index in [1.165, 1.54) is 0 Å². The van der Waals surface area contributed by atoms with Gasteiger partial charge in [0.1, 0.15) is 0 Å². The lowest BCUT2D eigenvalue weighted by Gasteiger charge is -2.53. The van der Waals surface area contributed by atoms with Gasteiger partial charge in [-0.3, -0.25) is 4.79 Å². The van der Waals surface area contributed by atoms with E-state index in [1.54, 1.807) is 19.2 Å². The Bertz CT molecular complexity index is 768. The number of halogens is 2. The number of amides is 1. The SMILES string of the molecule is COCCC(=O)N[C@H]1C(C)(C)[C@@H]2C[C@@H]3[C@@H](c4cccc(F)c4F)OCC[C@@]31C2. The van der Waals surface area contributed by atoms with Gasteiger partial charge in [0.25, 0.3) is 0 Å². The second kappa shape index (κ2) is 7.06. The molecule has 4 rings (SSSR count). The van der Waals surface area contributed by atoms with E-state index in [-0.39, 0.29) is 28.7 Å². The van der Waals surface area contributed by atoms with Crippen molar-refractivity contribution < 1.29 is 23.0 Å². The third-order valence-electron chi connectivity index (χ3n) is 7.63. The molecule has 0 unspecified atom stereocenters. The Balaban J connectivity index is 1.66. The van der Waals surface area contributed by atoms with Gasteiger partial charge in [-0.15, -0.1) is 0 Å². The zero-order valence-electron chi connectivity index (χ0n) is 16.8. The maximum atomic E-state index is 14.5. The van der Waals surface area contributed by atoms with E-state index in [0.717, 1.165) is 25.3 Å². The summed E-state index contributed by atoms with van der Waals surface area (Å²) in [4.78, 5) is 12.5. The topological polar surface area (TPSA) is 47.6 Å². The zero-order chi connectivity index (χ0) is 20.1. The standard InChI is InChI=1S/C22H29F2NO3/c1-21(2)13-11-15-19(14-5-4-6-16(23)18(14)24)28-10-8-22(15,12-13)20(21)25-17(26)7-9-27-3/h4-6,13,15,19-20H,7-12H2,1-3H3,(H,25,26)/t13-,15-,19-,20+,22-/m1/s1. The minimum Gasteiger partial charge on any atom is -0.384 e. The number of fused-ring (bicyclic) bond motifs is 1. The van der Waals surface area contributed by atoms with E-state index in [9.17, 15) is 13.6 Å². The Labute approximate surface area is 165 Å². The fourth-order valence-electron chi connectivity index (χ4n) is 6.26. The maximum Gasteiger partial charge on any atom is 0.222 e. The number of ether oxygens (including phenoxy) is 2. The number of hydrogen-bond donors (Lipinski definition) is 1. The van der Waals surface area contributed by atoms with Gasteiger partial charge in [-0.25, -0.2) is 8.78 Å². The van der Waals surface area contributed by atoms with Crippen LogP contribution in [0, 0.1) is 34.3 Å². The van der Waals surface area contributed by atoms with Crippen LogP contribution in [0.4, 0.5) is 8.78 Å². The molecule has 2 aliphatic carbocycles. The van der Waals surface area contributed by atoms with Gasteiger partial charge in [0.15, 0.2) is 11.6 Å². The molecule has 1 aromatic rings. The highest BCUT2D eigenvalue weighted by molar-refractivity contribution is 5.76. The van der Waals surface area contributed by atoms with Gasteiger partial charge in [-0.05, 0) is 48.0 Å². The molecule has 1 saturated heterocycles. The third kappa shape index (κ3) is 2.88. The smallest absolute Gasteiger partial charge is 0.222 e. The first-order valence-corrected chi connectivity index (χ1v) is 10.1. The number of methoxy groups -OCH3 is 1. The highest BCUT2D eigenvalue weighted by Gasteiger charge is 2.68. The van der Waals surface area contributed by atoms with Gasteiger partial charge >= 0.3 is 0 Å². The molecule has 5 atom stereocenters. The van der Waals surface area contributed by atoms with Crippen LogP contribution in [-0.4, -0.2) is 32.3 Å².